The van der Waals surface area contributed by atoms with Crippen molar-refractivity contribution in [1.82, 2.24) is 4.98 Å². The fourth-order valence-corrected chi connectivity index (χ4v) is 2.25. The second-order valence-corrected chi connectivity index (χ2v) is 4.91. The smallest absolute Gasteiger partial charge is 0.184 e. The highest BCUT2D eigenvalue weighted by Crippen LogP contribution is 2.27. The van der Waals surface area contributed by atoms with E-state index in [-0.39, 0.29) is 5.54 Å². The van der Waals surface area contributed by atoms with Crippen molar-refractivity contribution in [2.45, 2.75) is 19.4 Å². The van der Waals surface area contributed by atoms with E-state index in [1.807, 2.05) is 32.0 Å². The molecule has 2 aromatic rings. The molecule has 1 heterocycles. The van der Waals surface area contributed by atoms with Crippen LogP contribution in [0.15, 0.2) is 24.3 Å². The normalized spacial score (nSPS) is 11.3. The maximum Gasteiger partial charge on any atom is 0.184 e. The molecule has 1 N–H and O–H groups in total. The van der Waals surface area contributed by atoms with Crippen LogP contribution in [-0.4, -0.2) is 10.5 Å². The molecule has 0 atom stereocenters. The zero-order valence-corrected chi connectivity index (χ0v) is 9.56. The summed E-state index contributed by atoms with van der Waals surface area (Å²) in [6, 6.07) is 8.05. The average Bonchev–Trinajstić information content (AvgIpc) is 2.58. The van der Waals surface area contributed by atoms with E-state index in [1.54, 1.807) is 11.3 Å². The predicted molar refractivity (Wildman–Crippen MR) is 66.2 cm³/mol. The Morgan fingerprint density at radius 2 is 2.13 bits per heavy atom. The molecule has 0 aliphatic carbocycles. The largest absolute Gasteiger partial charge is 0.346 e. The number of anilines is 1. The van der Waals surface area contributed by atoms with E-state index >= 15 is 0 Å². The van der Waals surface area contributed by atoms with Gasteiger partial charge < -0.3 is 5.32 Å². The highest BCUT2D eigenvalue weighted by Gasteiger charge is 2.15. The van der Waals surface area contributed by atoms with E-state index in [2.05, 4.69) is 22.3 Å². The molecule has 0 saturated carbocycles. The first-order chi connectivity index (χ1) is 7.11. The maximum absolute atomic E-state index is 5.41. The van der Waals surface area contributed by atoms with Gasteiger partial charge in [-0.1, -0.05) is 29.4 Å². The minimum atomic E-state index is -0.353. The lowest BCUT2D eigenvalue weighted by Crippen LogP contribution is -2.28. The lowest BCUT2D eigenvalue weighted by molar-refractivity contribution is 0.741. The number of fused-ring (bicyclic) bond motifs is 1. The predicted octanol–water partition coefficient (Wildman–Crippen LogP) is 3.12. The number of benzene rings is 1. The minimum Gasteiger partial charge on any atom is -0.346 e. The van der Waals surface area contributed by atoms with Crippen molar-refractivity contribution < 1.29 is 0 Å². The topological polar surface area (TPSA) is 24.9 Å². The number of hydrogen-bond donors (Lipinski definition) is 1. The van der Waals surface area contributed by atoms with Crippen molar-refractivity contribution in [2.24, 2.45) is 0 Å². The van der Waals surface area contributed by atoms with Crippen molar-refractivity contribution in [3.63, 3.8) is 0 Å². The van der Waals surface area contributed by atoms with Crippen LogP contribution in [0.5, 0.6) is 0 Å². The molecule has 0 aliphatic heterocycles. The Hall–Kier alpha value is -1.53. The van der Waals surface area contributed by atoms with Gasteiger partial charge in [0.05, 0.1) is 15.8 Å². The van der Waals surface area contributed by atoms with E-state index in [9.17, 15) is 0 Å². The Labute approximate surface area is 93.3 Å². The van der Waals surface area contributed by atoms with Crippen LogP contribution in [0.4, 0.5) is 5.13 Å². The van der Waals surface area contributed by atoms with Crippen LogP contribution in [0.1, 0.15) is 13.8 Å². The van der Waals surface area contributed by atoms with Crippen LogP contribution < -0.4 is 5.32 Å². The highest BCUT2D eigenvalue weighted by molar-refractivity contribution is 7.22. The molecule has 76 valence electrons. The van der Waals surface area contributed by atoms with E-state index < -0.39 is 0 Å². The molecule has 0 amide bonds. The van der Waals surface area contributed by atoms with Crippen LogP contribution in [0.3, 0.4) is 0 Å². The second kappa shape index (κ2) is 3.56. The molecular weight excluding hydrogens is 204 g/mol. The van der Waals surface area contributed by atoms with Crippen LogP contribution in [0.25, 0.3) is 10.2 Å². The monoisotopic (exact) mass is 216 g/mol. The van der Waals surface area contributed by atoms with Gasteiger partial charge in [0, 0.05) is 0 Å². The Morgan fingerprint density at radius 1 is 1.40 bits per heavy atom. The first-order valence-corrected chi connectivity index (χ1v) is 5.54. The Balaban J connectivity index is 2.35. The van der Waals surface area contributed by atoms with E-state index in [0.717, 1.165) is 10.6 Å². The molecule has 0 radical (unpaired) electrons. The zero-order chi connectivity index (χ0) is 10.9. The number of para-hydroxylation sites is 1. The first kappa shape index (κ1) is 10.0. The maximum atomic E-state index is 5.41. The summed E-state index contributed by atoms with van der Waals surface area (Å²) in [4.78, 5) is 4.46. The zero-order valence-electron chi connectivity index (χ0n) is 8.74. The van der Waals surface area contributed by atoms with Gasteiger partial charge in [-0.25, -0.2) is 4.98 Å². The molecule has 1 aromatic heterocycles. The summed E-state index contributed by atoms with van der Waals surface area (Å²) in [5.41, 5.74) is 0.659. The molecular formula is C12H12N2S. The molecule has 1 aromatic carbocycles. The van der Waals surface area contributed by atoms with Crippen molar-refractivity contribution in [1.29, 1.82) is 0 Å². The molecule has 0 spiro atoms. The van der Waals surface area contributed by atoms with Crippen molar-refractivity contribution in [3.8, 4) is 12.3 Å². The highest BCUT2D eigenvalue weighted by atomic mass is 32.1. The average molecular weight is 216 g/mol. The van der Waals surface area contributed by atoms with Crippen LogP contribution >= 0.6 is 11.3 Å². The third-order valence-corrected chi connectivity index (χ3v) is 3.03. The molecule has 15 heavy (non-hydrogen) atoms. The third-order valence-electron chi connectivity index (χ3n) is 2.07. The van der Waals surface area contributed by atoms with Gasteiger partial charge in [-0.05, 0) is 26.0 Å². The number of nitrogens with zero attached hydrogens (tertiary/aromatic N) is 1. The summed E-state index contributed by atoms with van der Waals surface area (Å²) in [7, 11) is 0. The van der Waals surface area contributed by atoms with Gasteiger partial charge in [0.15, 0.2) is 5.13 Å². The summed E-state index contributed by atoms with van der Waals surface area (Å²) in [5, 5.41) is 4.10. The SMILES string of the molecule is C#CC(C)(C)Nc1nc2ccccc2s1. The van der Waals surface area contributed by atoms with E-state index in [4.69, 9.17) is 6.42 Å². The van der Waals surface area contributed by atoms with Crippen LogP contribution in [0.2, 0.25) is 0 Å². The van der Waals surface area contributed by atoms with Crippen LogP contribution in [-0.2, 0) is 0 Å². The van der Waals surface area contributed by atoms with E-state index in [0.29, 0.717) is 0 Å². The van der Waals surface area contributed by atoms with Gasteiger partial charge >= 0.3 is 0 Å². The summed E-state index contributed by atoms with van der Waals surface area (Å²) in [5.74, 6) is 2.69. The third kappa shape index (κ3) is 2.11. The molecule has 0 bridgehead atoms. The molecule has 0 fully saturated rings. The number of hydrogen-bond acceptors (Lipinski definition) is 3. The summed E-state index contributed by atoms with van der Waals surface area (Å²) >= 11 is 1.62. The van der Waals surface area contributed by atoms with Gasteiger partial charge in [0.1, 0.15) is 0 Å². The summed E-state index contributed by atoms with van der Waals surface area (Å²) in [6.07, 6.45) is 5.41. The lowest BCUT2D eigenvalue weighted by Gasteiger charge is -2.18. The molecule has 2 nitrogen and oxygen atoms in total. The van der Waals surface area contributed by atoms with Gasteiger partial charge in [-0.2, -0.15) is 0 Å². The van der Waals surface area contributed by atoms with Gasteiger partial charge in [0.25, 0.3) is 0 Å². The summed E-state index contributed by atoms with van der Waals surface area (Å²) < 4.78 is 1.17. The quantitative estimate of drug-likeness (QED) is 0.780. The first-order valence-electron chi connectivity index (χ1n) is 4.72. The Morgan fingerprint density at radius 3 is 2.80 bits per heavy atom. The number of thiazole rings is 1. The number of aromatic nitrogens is 1. The fraction of sp³-hybridized carbons (Fsp3) is 0.250. The van der Waals surface area contributed by atoms with Crippen molar-refractivity contribution >= 4 is 26.7 Å². The van der Waals surface area contributed by atoms with Crippen molar-refractivity contribution in [3.05, 3.63) is 24.3 Å². The molecule has 0 unspecified atom stereocenters. The standard InChI is InChI=1S/C12H12N2S/c1-4-12(2,3)14-11-13-9-7-5-6-8-10(9)15-11/h1,5-8H,2-3H3,(H,13,14). The molecule has 2 rings (SSSR count). The second-order valence-electron chi connectivity index (χ2n) is 3.88. The minimum absolute atomic E-state index is 0.353. The fourth-order valence-electron chi connectivity index (χ4n) is 1.23. The number of rotatable bonds is 2. The van der Waals surface area contributed by atoms with Gasteiger partial charge in [-0.15, -0.1) is 6.42 Å². The van der Waals surface area contributed by atoms with E-state index in [1.165, 1.54) is 4.70 Å². The Bertz CT molecular complexity index is 487. The van der Waals surface area contributed by atoms with Gasteiger partial charge in [-0.3, -0.25) is 0 Å². The lowest BCUT2D eigenvalue weighted by atomic mass is 10.1. The molecule has 0 aliphatic rings. The van der Waals surface area contributed by atoms with Crippen LogP contribution in [0, 0.1) is 12.3 Å². The molecule has 0 saturated heterocycles. The number of nitrogens with one attached hydrogen (secondary N) is 1. The Kier molecular flexibility index (Phi) is 2.37. The summed E-state index contributed by atoms with van der Waals surface area (Å²) in [6.45, 7) is 3.91. The van der Waals surface area contributed by atoms with Gasteiger partial charge in [0.2, 0.25) is 0 Å². The van der Waals surface area contributed by atoms with Crippen molar-refractivity contribution in [2.75, 3.05) is 5.32 Å². The number of terminal acetylenes is 1. The molecule has 3 heteroatoms.